The zero-order valence-electron chi connectivity index (χ0n) is 31.5. The summed E-state index contributed by atoms with van der Waals surface area (Å²) < 4.78 is 14.3. The van der Waals surface area contributed by atoms with Gasteiger partial charge in [0.15, 0.2) is 0 Å². The molecule has 16 heteroatoms. The molecule has 2 N–H and O–H groups in total. The minimum Gasteiger partial charge on any atom is -0.494 e. The fourth-order valence-electron chi connectivity index (χ4n) is 8.07. The van der Waals surface area contributed by atoms with Crippen LogP contribution in [0.25, 0.3) is 22.2 Å². The molecule has 1 aliphatic carbocycles. The van der Waals surface area contributed by atoms with Crippen molar-refractivity contribution >= 4 is 85.0 Å². The molecule has 0 atom stereocenters. The van der Waals surface area contributed by atoms with Gasteiger partial charge in [0.05, 0.1) is 40.2 Å². The van der Waals surface area contributed by atoms with Gasteiger partial charge in [-0.15, -0.1) is 0 Å². The van der Waals surface area contributed by atoms with Crippen LogP contribution >= 0.6 is 22.0 Å². The molecule has 2 fully saturated rings. The third kappa shape index (κ3) is 6.79. The largest absolute Gasteiger partial charge is 0.494 e. The molecular formula is C38H44BrN10O3PS. The Morgan fingerprint density at radius 2 is 1.80 bits per heavy atom. The molecule has 0 unspecified atom stereocenters. The number of methoxy groups -OCH3 is 1. The van der Waals surface area contributed by atoms with Crippen molar-refractivity contribution in [3.05, 3.63) is 59.2 Å². The molecule has 0 bridgehead atoms. The Labute approximate surface area is 328 Å². The zero-order valence-corrected chi connectivity index (χ0v) is 34.8. The van der Waals surface area contributed by atoms with Crippen LogP contribution in [0.1, 0.15) is 39.3 Å². The van der Waals surface area contributed by atoms with Gasteiger partial charge < -0.3 is 29.9 Å². The molecule has 2 aliphatic heterocycles. The monoisotopic (exact) mass is 830 g/mol. The molecule has 3 aromatic heterocycles. The van der Waals surface area contributed by atoms with Crippen LogP contribution in [-0.2, 0) is 30.0 Å². The Hall–Kier alpha value is -4.33. The van der Waals surface area contributed by atoms with Crippen LogP contribution in [0.2, 0.25) is 0 Å². The Morgan fingerprint density at radius 1 is 1.04 bits per heavy atom. The quantitative estimate of drug-likeness (QED) is 0.161. The number of carbonyl (C=O) groups is 1. The molecule has 13 nitrogen and oxygen atoms in total. The third-order valence-electron chi connectivity index (χ3n) is 10.4. The molecule has 2 aromatic carbocycles. The second kappa shape index (κ2) is 13.5. The number of aromatic nitrogens is 6. The molecular weight excluding hydrogens is 787 g/mol. The summed E-state index contributed by atoms with van der Waals surface area (Å²) in [6.45, 7) is 12.2. The van der Waals surface area contributed by atoms with E-state index in [4.69, 9.17) is 26.3 Å². The van der Waals surface area contributed by atoms with Crippen molar-refractivity contribution in [2.75, 3.05) is 55.6 Å². The summed E-state index contributed by atoms with van der Waals surface area (Å²) in [5.41, 5.74) is 7.25. The van der Waals surface area contributed by atoms with Crippen molar-refractivity contribution in [3.8, 4) is 16.9 Å². The number of benzene rings is 2. The minimum atomic E-state index is -1.96. The molecule has 1 saturated carbocycles. The van der Waals surface area contributed by atoms with Crippen LogP contribution < -0.4 is 25.6 Å². The van der Waals surface area contributed by atoms with Crippen LogP contribution in [0.15, 0.2) is 53.5 Å². The predicted octanol–water partition coefficient (Wildman–Crippen LogP) is 7.21. The highest BCUT2D eigenvalue weighted by Gasteiger charge is 2.56. The first-order chi connectivity index (χ1) is 25.6. The Kier molecular flexibility index (Phi) is 9.13. The molecule has 8 rings (SSSR count). The SMILES string of the molecule is COc1cc2c(cc1Nc1ncc(Br)c(Nc3ccc4nccnc4c3P(C)(C)=S)n1)-c1cnn(C)c1CCN2C1CC2(C1)CN(C(=O)OC(C)(C)C)C2. The number of fused-ring (bicyclic) bond motifs is 4. The molecule has 0 radical (unpaired) electrons. The maximum absolute atomic E-state index is 12.7. The second-order valence-corrected chi connectivity index (χ2v) is 22.7. The highest BCUT2D eigenvalue weighted by atomic mass is 79.9. The molecule has 1 saturated heterocycles. The number of carbonyl (C=O) groups excluding carboxylic acids is 1. The Morgan fingerprint density at radius 3 is 2.52 bits per heavy atom. The van der Waals surface area contributed by atoms with E-state index in [0.29, 0.717) is 28.0 Å². The molecule has 282 valence electrons. The first kappa shape index (κ1) is 36.6. The lowest BCUT2D eigenvalue weighted by Crippen LogP contribution is -2.68. The summed E-state index contributed by atoms with van der Waals surface area (Å²) in [5.74, 6) is 1.65. The highest BCUT2D eigenvalue weighted by Crippen LogP contribution is 2.53. The van der Waals surface area contributed by atoms with Crippen molar-refractivity contribution in [2.24, 2.45) is 12.5 Å². The standard InChI is InChI=1S/C38H44BrN10O3PS/c1-37(2,3)52-36(50)48-20-38(21-48)16-22(17-38)49-13-10-29-24(18-43-47(29)4)23-14-28(31(51-5)15-30(23)49)45-35-42-19-25(39)34(46-35)44-27-9-8-26-32(41-12-11-40-26)33(27)53(6,7)54/h8-9,11-12,14-15,18-19,22H,10,13,16-17,20-21H2,1-7H3,(H2,42,44,45,46). The first-order valence-electron chi connectivity index (χ1n) is 18.0. The number of rotatable bonds is 7. The molecule has 5 aromatic rings. The normalized spacial score (nSPS) is 16.6. The Bertz CT molecular complexity index is 2340. The van der Waals surface area contributed by atoms with Crippen molar-refractivity contribution in [2.45, 2.75) is 51.7 Å². The van der Waals surface area contributed by atoms with Gasteiger partial charge in [-0.2, -0.15) is 10.1 Å². The molecule has 54 heavy (non-hydrogen) atoms. The number of likely N-dealkylation sites (tertiary alicyclic amines) is 1. The lowest BCUT2D eigenvalue weighted by atomic mass is 9.60. The van der Waals surface area contributed by atoms with Crippen molar-refractivity contribution in [1.82, 2.24) is 34.6 Å². The zero-order chi connectivity index (χ0) is 38.2. The van der Waals surface area contributed by atoms with Crippen molar-refractivity contribution in [3.63, 3.8) is 0 Å². The average molecular weight is 832 g/mol. The lowest BCUT2D eigenvalue weighted by molar-refractivity contribution is -0.0780. The first-order valence-corrected chi connectivity index (χ1v) is 22.4. The van der Waals surface area contributed by atoms with Crippen LogP contribution in [0.4, 0.5) is 33.6 Å². The van der Waals surface area contributed by atoms with Crippen molar-refractivity contribution in [1.29, 1.82) is 0 Å². The molecule has 3 aliphatic rings. The van der Waals surface area contributed by atoms with Crippen LogP contribution in [0.3, 0.4) is 0 Å². The van der Waals surface area contributed by atoms with Gasteiger partial charge in [-0.3, -0.25) is 14.6 Å². The maximum atomic E-state index is 12.7. The third-order valence-corrected chi connectivity index (χ3v) is 13.1. The molecule has 1 spiro atoms. The summed E-state index contributed by atoms with van der Waals surface area (Å²) in [6, 6.07) is 6.56. The smallest absolute Gasteiger partial charge is 0.410 e. The summed E-state index contributed by atoms with van der Waals surface area (Å²) >= 11 is 9.68. The number of aryl methyl sites for hydroxylation is 1. The number of anilines is 5. The second-order valence-electron chi connectivity index (χ2n) is 15.9. The maximum Gasteiger partial charge on any atom is 0.410 e. The van der Waals surface area contributed by atoms with E-state index in [1.165, 1.54) is 5.69 Å². The van der Waals surface area contributed by atoms with E-state index in [1.807, 2.05) is 55.7 Å². The molecule has 1 amide bonds. The summed E-state index contributed by atoms with van der Waals surface area (Å²) in [7, 11) is 3.68. The van der Waals surface area contributed by atoms with Gasteiger partial charge in [0.2, 0.25) is 5.95 Å². The van der Waals surface area contributed by atoms with Crippen LogP contribution in [0, 0.1) is 5.41 Å². The predicted molar refractivity (Wildman–Crippen MR) is 221 cm³/mol. The lowest BCUT2D eigenvalue weighted by Gasteiger charge is -2.61. The number of amides is 1. The minimum absolute atomic E-state index is 0.141. The van der Waals surface area contributed by atoms with Crippen molar-refractivity contribution < 1.29 is 14.3 Å². The van der Waals surface area contributed by atoms with E-state index in [0.717, 1.165) is 83.4 Å². The number of nitrogens with one attached hydrogen (secondary N) is 2. The van der Waals surface area contributed by atoms with E-state index in [-0.39, 0.29) is 11.5 Å². The summed E-state index contributed by atoms with van der Waals surface area (Å²) in [5, 5.41) is 12.6. The van der Waals surface area contributed by atoms with Gasteiger partial charge in [0.1, 0.15) is 17.2 Å². The number of nitrogens with zero attached hydrogens (tertiary/aromatic N) is 8. The van der Waals surface area contributed by atoms with E-state index in [2.05, 4.69) is 77.0 Å². The number of ether oxygens (including phenoxy) is 2. The average Bonchev–Trinajstić information content (AvgIpc) is 3.36. The highest BCUT2D eigenvalue weighted by molar-refractivity contribution is 9.10. The summed E-state index contributed by atoms with van der Waals surface area (Å²) in [6.07, 6.45) is 9.73. The van der Waals surface area contributed by atoms with Gasteiger partial charge in [-0.1, -0.05) is 11.8 Å². The van der Waals surface area contributed by atoms with E-state index in [1.54, 1.807) is 25.7 Å². The van der Waals surface area contributed by atoms with Crippen LogP contribution in [0.5, 0.6) is 5.75 Å². The van der Waals surface area contributed by atoms with E-state index < -0.39 is 11.6 Å². The van der Waals surface area contributed by atoms with E-state index in [9.17, 15) is 4.79 Å². The topological polar surface area (TPSA) is 135 Å². The fourth-order valence-corrected chi connectivity index (χ4v) is 10.3. The van der Waals surface area contributed by atoms with Gasteiger partial charge in [-0.25, -0.2) is 9.78 Å². The summed E-state index contributed by atoms with van der Waals surface area (Å²) in [4.78, 5) is 35.7. The van der Waals surface area contributed by atoms with Gasteiger partial charge in [-0.05, 0) is 87.1 Å². The fraction of sp³-hybridized carbons (Fsp3) is 0.421. The molecule has 5 heterocycles. The number of hydrogen-bond acceptors (Lipinski definition) is 12. The van der Waals surface area contributed by atoms with Gasteiger partial charge in [0, 0.05) is 97.0 Å². The number of hydrogen-bond donors (Lipinski definition) is 2. The Balaban J connectivity index is 1.08. The van der Waals surface area contributed by atoms with E-state index >= 15 is 0 Å². The number of halogens is 1. The van der Waals surface area contributed by atoms with Gasteiger partial charge >= 0.3 is 6.09 Å². The van der Waals surface area contributed by atoms with Gasteiger partial charge in [0.25, 0.3) is 0 Å². The van der Waals surface area contributed by atoms with Crippen LogP contribution in [-0.4, -0.2) is 92.4 Å².